The molecular weight excluding hydrogens is 340 g/mol. The number of carbonyl (C=O) groups is 1. The Kier molecular flexibility index (Phi) is 7.11. The zero-order chi connectivity index (χ0) is 20.1. The first kappa shape index (κ1) is 21.1. The van der Waals surface area contributed by atoms with E-state index in [4.69, 9.17) is 0 Å². The second kappa shape index (κ2) is 9.12. The lowest BCUT2D eigenvalue weighted by atomic mass is 9.73. The number of aromatic hydroxyl groups is 2. The number of hydrogen-bond acceptors (Lipinski definition) is 3. The van der Waals surface area contributed by atoms with Crippen molar-refractivity contribution in [3.05, 3.63) is 46.6 Å². The van der Waals surface area contributed by atoms with E-state index < -0.39 is 5.97 Å². The molecule has 27 heavy (non-hydrogen) atoms. The molecule has 0 saturated heterocycles. The molecule has 1 aromatic rings. The summed E-state index contributed by atoms with van der Waals surface area (Å²) >= 11 is 0. The highest BCUT2D eigenvalue weighted by molar-refractivity contribution is 5.94. The van der Waals surface area contributed by atoms with Crippen LogP contribution < -0.4 is 0 Å². The third kappa shape index (κ3) is 4.74. The minimum atomic E-state index is -1.15. The minimum Gasteiger partial charge on any atom is -0.507 e. The fraction of sp³-hybridized carbons (Fsp3) is 0.522. The van der Waals surface area contributed by atoms with E-state index in [0.717, 1.165) is 44.1 Å². The standard InChI is InChI=1S/C23H32O4/c1-5-6-7-8-9-16-13-19(24)21(22(25)20(16)23(26)27)18-12-15(4)10-11-17(18)14(2)3/h12-13,17-18,24-25H,2,5-11H2,1,3-4H3,(H,26,27). The van der Waals surface area contributed by atoms with Crippen LogP contribution in [0.2, 0.25) is 0 Å². The maximum Gasteiger partial charge on any atom is 0.339 e. The van der Waals surface area contributed by atoms with Crippen LogP contribution in [0.5, 0.6) is 11.5 Å². The summed E-state index contributed by atoms with van der Waals surface area (Å²) in [4.78, 5) is 11.9. The molecule has 1 aliphatic carbocycles. The van der Waals surface area contributed by atoms with Gasteiger partial charge < -0.3 is 15.3 Å². The number of phenols is 2. The largest absolute Gasteiger partial charge is 0.507 e. The zero-order valence-electron chi connectivity index (χ0n) is 16.7. The number of unbranched alkanes of at least 4 members (excludes halogenated alkanes) is 3. The number of phenolic OH excluding ortho intramolecular Hbond substituents is 1. The third-order valence-corrected chi connectivity index (χ3v) is 5.63. The number of carboxylic acid groups (broad SMARTS) is 1. The van der Waals surface area contributed by atoms with Gasteiger partial charge in [0.05, 0.1) is 0 Å². The number of hydrogen-bond donors (Lipinski definition) is 3. The first-order valence-electron chi connectivity index (χ1n) is 9.91. The molecule has 2 rings (SSSR count). The van der Waals surface area contributed by atoms with Gasteiger partial charge in [-0.15, -0.1) is 0 Å². The van der Waals surface area contributed by atoms with E-state index in [-0.39, 0.29) is 28.9 Å². The lowest BCUT2D eigenvalue weighted by molar-refractivity contribution is 0.0692. The van der Waals surface area contributed by atoms with E-state index in [9.17, 15) is 20.1 Å². The summed E-state index contributed by atoms with van der Waals surface area (Å²) in [6.07, 6.45) is 8.40. The first-order valence-corrected chi connectivity index (χ1v) is 9.91. The summed E-state index contributed by atoms with van der Waals surface area (Å²) in [6, 6.07) is 1.54. The number of rotatable bonds is 8. The van der Waals surface area contributed by atoms with Crippen LogP contribution in [0.4, 0.5) is 0 Å². The smallest absolute Gasteiger partial charge is 0.339 e. The molecule has 148 valence electrons. The molecule has 0 radical (unpaired) electrons. The van der Waals surface area contributed by atoms with Crippen molar-refractivity contribution < 1.29 is 20.1 Å². The molecule has 0 saturated carbocycles. The molecule has 2 atom stereocenters. The van der Waals surface area contributed by atoms with Gasteiger partial charge in [-0.2, -0.15) is 0 Å². The number of aromatic carboxylic acids is 1. The molecule has 0 spiro atoms. The molecule has 1 aromatic carbocycles. The predicted molar refractivity (Wildman–Crippen MR) is 109 cm³/mol. The summed E-state index contributed by atoms with van der Waals surface area (Å²) in [6.45, 7) is 10.1. The van der Waals surface area contributed by atoms with Gasteiger partial charge in [0.25, 0.3) is 0 Å². The van der Waals surface area contributed by atoms with Crippen molar-refractivity contribution in [2.75, 3.05) is 0 Å². The molecule has 4 heteroatoms. The quantitative estimate of drug-likeness (QED) is 0.390. The van der Waals surface area contributed by atoms with Gasteiger partial charge in [-0.3, -0.25) is 0 Å². The van der Waals surface area contributed by atoms with Crippen LogP contribution in [0.1, 0.15) is 86.7 Å². The normalized spacial score (nSPS) is 19.6. The van der Waals surface area contributed by atoms with Crippen LogP contribution >= 0.6 is 0 Å². The SMILES string of the molecule is C=C(C)C1CCC(C)=CC1c1c(O)cc(CCCCCC)c(C(=O)O)c1O. The number of carboxylic acids is 1. The summed E-state index contributed by atoms with van der Waals surface area (Å²) in [7, 11) is 0. The van der Waals surface area contributed by atoms with Crippen LogP contribution in [0.15, 0.2) is 29.9 Å². The fourth-order valence-electron chi connectivity index (χ4n) is 4.14. The van der Waals surface area contributed by atoms with E-state index in [0.29, 0.717) is 17.5 Å². The molecule has 4 nitrogen and oxygen atoms in total. The van der Waals surface area contributed by atoms with Crippen molar-refractivity contribution in [1.29, 1.82) is 0 Å². The van der Waals surface area contributed by atoms with Gasteiger partial charge in [0, 0.05) is 11.5 Å². The van der Waals surface area contributed by atoms with E-state index in [1.165, 1.54) is 11.6 Å². The minimum absolute atomic E-state index is 0.0230. The van der Waals surface area contributed by atoms with Gasteiger partial charge in [-0.25, -0.2) is 4.79 Å². The maximum atomic E-state index is 11.9. The second-order valence-electron chi connectivity index (χ2n) is 7.84. The van der Waals surface area contributed by atoms with Gasteiger partial charge >= 0.3 is 5.97 Å². The Hall–Kier alpha value is -2.23. The lowest BCUT2D eigenvalue weighted by Gasteiger charge is -2.32. The molecule has 2 unspecified atom stereocenters. The number of aryl methyl sites for hydroxylation is 1. The van der Waals surface area contributed by atoms with Gasteiger partial charge in [-0.1, -0.05) is 50.0 Å². The van der Waals surface area contributed by atoms with Crippen LogP contribution in [0.25, 0.3) is 0 Å². The Morgan fingerprint density at radius 1 is 1.26 bits per heavy atom. The highest BCUT2D eigenvalue weighted by Crippen LogP contribution is 2.48. The van der Waals surface area contributed by atoms with Crippen molar-refractivity contribution in [2.24, 2.45) is 5.92 Å². The van der Waals surface area contributed by atoms with Crippen LogP contribution in [0, 0.1) is 5.92 Å². The van der Waals surface area contributed by atoms with Crippen LogP contribution in [-0.4, -0.2) is 21.3 Å². The highest BCUT2D eigenvalue weighted by atomic mass is 16.4. The third-order valence-electron chi connectivity index (χ3n) is 5.63. The highest BCUT2D eigenvalue weighted by Gasteiger charge is 2.32. The van der Waals surface area contributed by atoms with Gasteiger partial charge in [0.15, 0.2) is 0 Å². The van der Waals surface area contributed by atoms with Crippen molar-refractivity contribution in [2.45, 2.75) is 71.6 Å². The summed E-state index contributed by atoms with van der Waals surface area (Å²) in [5.41, 5.74) is 2.90. The predicted octanol–water partition coefficient (Wildman–Crippen LogP) is 5.93. The average Bonchev–Trinajstić information content (AvgIpc) is 2.57. The Bertz CT molecular complexity index is 745. The lowest BCUT2D eigenvalue weighted by Crippen LogP contribution is -2.18. The van der Waals surface area contributed by atoms with Gasteiger partial charge in [0.1, 0.15) is 17.1 Å². The van der Waals surface area contributed by atoms with E-state index >= 15 is 0 Å². The summed E-state index contributed by atoms with van der Waals surface area (Å²) in [5.74, 6) is -1.66. The Balaban J connectivity index is 2.51. The Morgan fingerprint density at radius 2 is 1.96 bits per heavy atom. The zero-order valence-corrected chi connectivity index (χ0v) is 16.7. The molecular formula is C23H32O4. The van der Waals surface area contributed by atoms with Crippen molar-refractivity contribution in [3.63, 3.8) is 0 Å². The van der Waals surface area contributed by atoms with Gasteiger partial charge in [0.2, 0.25) is 0 Å². The first-order chi connectivity index (χ1) is 12.8. The van der Waals surface area contributed by atoms with E-state index in [1.54, 1.807) is 0 Å². The Labute approximate surface area is 162 Å². The molecule has 0 amide bonds. The molecule has 0 fully saturated rings. The maximum absolute atomic E-state index is 11.9. The molecule has 3 N–H and O–H groups in total. The molecule has 1 aliphatic rings. The monoisotopic (exact) mass is 372 g/mol. The van der Waals surface area contributed by atoms with E-state index in [2.05, 4.69) is 13.5 Å². The van der Waals surface area contributed by atoms with Gasteiger partial charge in [-0.05, 0) is 57.1 Å². The number of allylic oxidation sites excluding steroid dienone is 3. The summed E-state index contributed by atoms with van der Waals surface area (Å²) < 4.78 is 0. The fourth-order valence-corrected chi connectivity index (χ4v) is 4.14. The van der Waals surface area contributed by atoms with Crippen molar-refractivity contribution >= 4 is 5.97 Å². The molecule has 0 heterocycles. The van der Waals surface area contributed by atoms with Crippen molar-refractivity contribution in [3.8, 4) is 11.5 Å². The average molecular weight is 373 g/mol. The second-order valence-corrected chi connectivity index (χ2v) is 7.84. The van der Waals surface area contributed by atoms with E-state index in [1.807, 2.05) is 19.9 Å². The number of benzene rings is 1. The summed E-state index contributed by atoms with van der Waals surface area (Å²) in [5, 5.41) is 31.3. The molecule has 0 bridgehead atoms. The Morgan fingerprint density at radius 3 is 2.56 bits per heavy atom. The molecule has 0 aliphatic heterocycles. The van der Waals surface area contributed by atoms with Crippen molar-refractivity contribution in [1.82, 2.24) is 0 Å². The topological polar surface area (TPSA) is 77.8 Å². The van der Waals surface area contributed by atoms with Crippen LogP contribution in [0.3, 0.4) is 0 Å². The molecule has 0 aromatic heterocycles. The van der Waals surface area contributed by atoms with Crippen LogP contribution in [-0.2, 0) is 6.42 Å².